The SMILES string of the molecule is CC[C@H]1CCCCN1c1cc(SCC(=O)Nc2cccc(C)c2C)ncn1. The van der Waals surface area contributed by atoms with Crippen molar-refractivity contribution in [3.05, 3.63) is 41.7 Å². The van der Waals surface area contributed by atoms with E-state index in [0.29, 0.717) is 11.8 Å². The van der Waals surface area contributed by atoms with Crippen LogP contribution in [0.5, 0.6) is 0 Å². The molecule has 1 atom stereocenters. The van der Waals surface area contributed by atoms with Crippen LogP contribution in [-0.2, 0) is 4.79 Å². The van der Waals surface area contributed by atoms with Crippen molar-refractivity contribution in [2.45, 2.75) is 57.5 Å². The fourth-order valence-electron chi connectivity index (χ4n) is 3.50. The van der Waals surface area contributed by atoms with Gasteiger partial charge in [-0.05, 0) is 56.7 Å². The van der Waals surface area contributed by atoms with Gasteiger partial charge in [0.05, 0.1) is 5.75 Å². The van der Waals surface area contributed by atoms with Gasteiger partial charge >= 0.3 is 0 Å². The quantitative estimate of drug-likeness (QED) is 0.583. The van der Waals surface area contributed by atoms with Crippen LogP contribution in [0.15, 0.2) is 35.6 Å². The van der Waals surface area contributed by atoms with Gasteiger partial charge in [-0.25, -0.2) is 9.97 Å². The van der Waals surface area contributed by atoms with Crippen molar-refractivity contribution in [2.75, 3.05) is 22.5 Å². The van der Waals surface area contributed by atoms with E-state index in [-0.39, 0.29) is 5.91 Å². The third-order valence-corrected chi connectivity index (χ3v) is 6.18. The first-order valence-electron chi connectivity index (χ1n) is 9.66. The van der Waals surface area contributed by atoms with Crippen LogP contribution in [0.4, 0.5) is 11.5 Å². The third-order valence-electron chi connectivity index (χ3n) is 5.25. The Labute approximate surface area is 166 Å². The highest BCUT2D eigenvalue weighted by Crippen LogP contribution is 2.27. The molecule has 0 spiro atoms. The number of piperidine rings is 1. The molecule has 1 aliphatic heterocycles. The van der Waals surface area contributed by atoms with E-state index in [1.165, 1.54) is 36.6 Å². The maximum atomic E-state index is 12.3. The van der Waals surface area contributed by atoms with Gasteiger partial charge < -0.3 is 10.2 Å². The highest BCUT2D eigenvalue weighted by molar-refractivity contribution is 7.99. The number of nitrogens with zero attached hydrogens (tertiary/aromatic N) is 3. The minimum atomic E-state index is -0.0155. The van der Waals surface area contributed by atoms with Gasteiger partial charge in [0.25, 0.3) is 0 Å². The van der Waals surface area contributed by atoms with E-state index in [0.717, 1.165) is 35.1 Å². The molecule has 2 aromatic rings. The van der Waals surface area contributed by atoms with Crippen molar-refractivity contribution in [3.8, 4) is 0 Å². The molecule has 0 radical (unpaired) electrons. The normalized spacial score (nSPS) is 17.0. The molecular formula is C21H28N4OS. The first-order chi connectivity index (χ1) is 13.1. The van der Waals surface area contributed by atoms with Gasteiger partial charge in [-0.1, -0.05) is 30.8 Å². The van der Waals surface area contributed by atoms with Crippen LogP contribution in [0.1, 0.15) is 43.7 Å². The predicted octanol–water partition coefficient (Wildman–Crippen LogP) is 4.59. The largest absolute Gasteiger partial charge is 0.354 e. The summed E-state index contributed by atoms with van der Waals surface area (Å²) in [4.78, 5) is 23.6. The predicted molar refractivity (Wildman–Crippen MR) is 113 cm³/mol. The molecule has 27 heavy (non-hydrogen) atoms. The number of benzene rings is 1. The standard InChI is InChI=1S/C21H28N4OS/c1-4-17-9-5-6-11-25(17)19-12-21(23-14-22-19)27-13-20(26)24-18-10-7-8-15(2)16(18)3/h7-8,10,12,14,17H,4-6,9,11,13H2,1-3H3,(H,24,26)/t17-/m0/s1. The van der Waals surface area contributed by atoms with Gasteiger partial charge in [-0.15, -0.1) is 0 Å². The van der Waals surface area contributed by atoms with Crippen LogP contribution in [-0.4, -0.2) is 34.2 Å². The summed E-state index contributed by atoms with van der Waals surface area (Å²) in [5, 5.41) is 3.85. The zero-order valence-electron chi connectivity index (χ0n) is 16.4. The van der Waals surface area contributed by atoms with Crippen LogP contribution in [0.2, 0.25) is 0 Å². The molecule has 0 bridgehead atoms. The first-order valence-corrected chi connectivity index (χ1v) is 10.6. The Morgan fingerprint density at radius 1 is 1.30 bits per heavy atom. The molecular weight excluding hydrogens is 356 g/mol. The van der Waals surface area contributed by atoms with Crippen molar-refractivity contribution in [3.63, 3.8) is 0 Å². The minimum Gasteiger partial charge on any atom is -0.354 e. The number of carbonyl (C=O) groups excluding carboxylic acids is 1. The number of amides is 1. The van der Waals surface area contributed by atoms with Crippen LogP contribution >= 0.6 is 11.8 Å². The average molecular weight is 385 g/mol. The van der Waals surface area contributed by atoms with E-state index in [2.05, 4.69) is 27.1 Å². The lowest BCUT2D eigenvalue weighted by atomic mass is 10.0. The van der Waals surface area contributed by atoms with Gasteiger partial charge in [0.1, 0.15) is 17.2 Å². The topological polar surface area (TPSA) is 58.1 Å². The monoisotopic (exact) mass is 384 g/mol. The Morgan fingerprint density at radius 3 is 2.96 bits per heavy atom. The summed E-state index contributed by atoms with van der Waals surface area (Å²) >= 11 is 1.46. The van der Waals surface area contributed by atoms with Crippen molar-refractivity contribution in [1.29, 1.82) is 0 Å². The van der Waals surface area contributed by atoms with E-state index >= 15 is 0 Å². The Bertz CT molecular complexity index is 796. The smallest absolute Gasteiger partial charge is 0.234 e. The molecule has 0 aliphatic carbocycles. The third kappa shape index (κ3) is 5.01. The fourth-order valence-corrected chi connectivity index (χ4v) is 4.17. The fraction of sp³-hybridized carbons (Fsp3) is 0.476. The Kier molecular flexibility index (Phi) is 6.72. The average Bonchev–Trinajstić information content (AvgIpc) is 2.70. The number of aromatic nitrogens is 2. The Balaban J connectivity index is 1.61. The van der Waals surface area contributed by atoms with Gasteiger partial charge in [-0.2, -0.15) is 0 Å². The van der Waals surface area contributed by atoms with Crippen LogP contribution < -0.4 is 10.2 Å². The zero-order chi connectivity index (χ0) is 19.2. The number of hydrogen-bond acceptors (Lipinski definition) is 5. The number of anilines is 2. The number of carbonyl (C=O) groups is 1. The van der Waals surface area contributed by atoms with Gasteiger partial charge in [-0.3, -0.25) is 4.79 Å². The zero-order valence-corrected chi connectivity index (χ0v) is 17.2. The number of rotatable bonds is 6. The number of hydrogen-bond donors (Lipinski definition) is 1. The summed E-state index contributed by atoms with van der Waals surface area (Å²) in [6.45, 7) is 7.36. The first kappa shape index (κ1) is 19.7. The van der Waals surface area contributed by atoms with Gasteiger partial charge in [0.2, 0.25) is 5.91 Å². The maximum absolute atomic E-state index is 12.3. The van der Waals surface area contributed by atoms with Crippen LogP contribution in [0, 0.1) is 13.8 Å². The van der Waals surface area contributed by atoms with Gasteiger partial charge in [0, 0.05) is 24.3 Å². The number of aryl methyl sites for hydroxylation is 1. The minimum absolute atomic E-state index is 0.0155. The molecule has 1 fully saturated rings. The summed E-state index contributed by atoms with van der Waals surface area (Å²) in [5.74, 6) is 1.30. The molecule has 1 aliphatic rings. The summed E-state index contributed by atoms with van der Waals surface area (Å²) < 4.78 is 0. The summed E-state index contributed by atoms with van der Waals surface area (Å²) in [7, 11) is 0. The molecule has 1 aromatic carbocycles. The lowest BCUT2D eigenvalue weighted by Gasteiger charge is -2.36. The Hall–Kier alpha value is -2.08. The summed E-state index contributed by atoms with van der Waals surface area (Å²) in [6, 6.07) is 8.52. The molecule has 0 unspecified atom stereocenters. The molecule has 1 amide bonds. The second-order valence-corrected chi connectivity index (χ2v) is 8.05. The van der Waals surface area contributed by atoms with E-state index in [1.54, 1.807) is 6.33 Å². The molecule has 6 heteroatoms. The second kappa shape index (κ2) is 9.22. The van der Waals surface area contributed by atoms with Crippen molar-refractivity contribution in [2.24, 2.45) is 0 Å². The van der Waals surface area contributed by atoms with Gasteiger partial charge in [0.15, 0.2) is 0 Å². The highest BCUT2D eigenvalue weighted by Gasteiger charge is 2.22. The second-order valence-electron chi connectivity index (χ2n) is 7.05. The molecule has 1 saturated heterocycles. The molecule has 1 aromatic heterocycles. The van der Waals surface area contributed by atoms with Crippen molar-refractivity contribution < 1.29 is 4.79 Å². The lowest BCUT2D eigenvalue weighted by molar-refractivity contribution is -0.113. The molecule has 5 nitrogen and oxygen atoms in total. The molecule has 144 valence electrons. The van der Waals surface area contributed by atoms with E-state index < -0.39 is 0 Å². The number of thioether (sulfide) groups is 1. The molecule has 3 rings (SSSR count). The highest BCUT2D eigenvalue weighted by atomic mass is 32.2. The number of nitrogens with one attached hydrogen (secondary N) is 1. The van der Waals surface area contributed by atoms with Crippen LogP contribution in [0.25, 0.3) is 0 Å². The summed E-state index contributed by atoms with van der Waals surface area (Å²) in [6.07, 6.45) is 6.47. The molecule has 2 heterocycles. The molecule has 0 saturated carbocycles. The Morgan fingerprint density at radius 2 is 2.15 bits per heavy atom. The van der Waals surface area contributed by atoms with E-state index in [4.69, 9.17) is 0 Å². The van der Waals surface area contributed by atoms with Crippen molar-refractivity contribution >= 4 is 29.2 Å². The maximum Gasteiger partial charge on any atom is 0.234 e. The molecule has 1 N–H and O–H groups in total. The van der Waals surface area contributed by atoms with Crippen molar-refractivity contribution in [1.82, 2.24) is 9.97 Å². The van der Waals surface area contributed by atoms with E-state index in [1.807, 2.05) is 38.1 Å². The lowest BCUT2D eigenvalue weighted by Crippen LogP contribution is -2.39. The van der Waals surface area contributed by atoms with Crippen LogP contribution in [0.3, 0.4) is 0 Å². The summed E-state index contributed by atoms with van der Waals surface area (Å²) in [5.41, 5.74) is 3.16. The van der Waals surface area contributed by atoms with E-state index in [9.17, 15) is 4.79 Å².